The Morgan fingerprint density at radius 3 is 2.54 bits per heavy atom. The van der Waals surface area contributed by atoms with Crippen molar-refractivity contribution < 1.29 is 9.47 Å². The highest BCUT2D eigenvalue weighted by atomic mass is 32.1. The standard InChI is InChI=1S/C27H25N5O2S/c1-17-13-21(18(2)32(17)20-9-10-23-24(14-20)34-16-33-23)26-25(22-8-4-6-12-29-22)30-27(35)31(26)15-19-7-3-5-11-28-19/h3-14,25-26H,15-16H2,1-2H3,(H,30,35)/t25-,26+/m1/s1. The van der Waals surface area contributed by atoms with Crippen LogP contribution in [0.4, 0.5) is 0 Å². The fraction of sp³-hybridized carbons (Fsp3) is 0.222. The second-order valence-corrected chi connectivity index (χ2v) is 9.16. The Morgan fingerprint density at radius 2 is 1.77 bits per heavy atom. The lowest BCUT2D eigenvalue weighted by atomic mass is 9.96. The highest BCUT2D eigenvalue weighted by Crippen LogP contribution is 2.42. The number of benzene rings is 1. The number of ether oxygens (including phenoxy) is 2. The predicted octanol–water partition coefficient (Wildman–Crippen LogP) is 4.79. The first-order valence-electron chi connectivity index (χ1n) is 11.6. The van der Waals surface area contributed by atoms with Gasteiger partial charge in [0.2, 0.25) is 6.79 Å². The lowest BCUT2D eigenvalue weighted by Gasteiger charge is -2.28. The first kappa shape index (κ1) is 21.6. The van der Waals surface area contributed by atoms with Gasteiger partial charge in [0.1, 0.15) is 0 Å². The Balaban J connectivity index is 1.45. The van der Waals surface area contributed by atoms with Crippen LogP contribution in [0.5, 0.6) is 11.5 Å². The van der Waals surface area contributed by atoms with Gasteiger partial charge in [0.05, 0.1) is 30.0 Å². The fourth-order valence-corrected chi connectivity index (χ4v) is 5.39. The molecular formula is C27H25N5O2S. The number of aromatic nitrogens is 3. The van der Waals surface area contributed by atoms with Crippen LogP contribution in [0.3, 0.4) is 0 Å². The second kappa shape index (κ2) is 8.70. The fourth-order valence-electron chi connectivity index (χ4n) is 5.09. The number of nitrogens with zero attached hydrogens (tertiary/aromatic N) is 4. The minimum absolute atomic E-state index is 0.0478. The van der Waals surface area contributed by atoms with Gasteiger partial charge in [0, 0.05) is 35.5 Å². The summed E-state index contributed by atoms with van der Waals surface area (Å²) in [5, 5.41) is 4.24. The van der Waals surface area contributed by atoms with E-state index in [9.17, 15) is 0 Å². The van der Waals surface area contributed by atoms with Crippen LogP contribution in [0.2, 0.25) is 0 Å². The Morgan fingerprint density at radius 1 is 0.971 bits per heavy atom. The van der Waals surface area contributed by atoms with E-state index in [1.807, 2.05) is 54.9 Å². The molecule has 0 spiro atoms. The summed E-state index contributed by atoms with van der Waals surface area (Å²) in [4.78, 5) is 11.4. The average Bonchev–Trinajstić information content (AvgIpc) is 3.56. The number of pyridine rings is 2. The molecule has 35 heavy (non-hydrogen) atoms. The van der Waals surface area contributed by atoms with E-state index in [1.165, 1.54) is 5.56 Å². The minimum atomic E-state index is -0.0851. The number of aryl methyl sites for hydroxylation is 1. The van der Waals surface area contributed by atoms with Gasteiger partial charge in [-0.25, -0.2) is 0 Å². The summed E-state index contributed by atoms with van der Waals surface area (Å²) >= 11 is 5.85. The van der Waals surface area contributed by atoms with Gasteiger partial charge in [-0.15, -0.1) is 0 Å². The zero-order chi connectivity index (χ0) is 23.9. The van der Waals surface area contributed by atoms with Crippen LogP contribution in [-0.2, 0) is 6.54 Å². The van der Waals surface area contributed by atoms with Gasteiger partial charge in [0.15, 0.2) is 16.6 Å². The summed E-state index contributed by atoms with van der Waals surface area (Å²) < 4.78 is 13.4. The summed E-state index contributed by atoms with van der Waals surface area (Å²) in [6.07, 6.45) is 3.65. The number of thiocarbonyl (C=S) groups is 1. The van der Waals surface area contributed by atoms with Gasteiger partial charge in [-0.1, -0.05) is 12.1 Å². The first-order valence-corrected chi connectivity index (χ1v) is 12.0. The van der Waals surface area contributed by atoms with Crippen molar-refractivity contribution in [1.82, 2.24) is 24.8 Å². The van der Waals surface area contributed by atoms with Gasteiger partial charge in [-0.05, 0) is 74.1 Å². The van der Waals surface area contributed by atoms with Crippen molar-refractivity contribution >= 4 is 17.3 Å². The molecule has 1 aromatic carbocycles. The van der Waals surface area contributed by atoms with E-state index in [0.29, 0.717) is 11.7 Å². The third-order valence-electron chi connectivity index (χ3n) is 6.66. The van der Waals surface area contributed by atoms with E-state index in [-0.39, 0.29) is 18.9 Å². The molecule has 4 aromatic rings. The summed E-state index contributed by atoms with van der Waals surface area (Å²) in [5.74, 6) is 1.54. The monoisotopic (exact) mass is 483 g/mol. The summed E-state index contributed by atoms with van der Waals surface area (Å²) in [7, 11) is 0. The molecule has 0 radical (unpaired) electrons. The molecule has 0 amide bonds. The molecule has 7 nitrogen and oxygen atoms in total. The van der Waals surface area contributed by atoms with E-state index in [4.69, 9.17) is 21.7 Å². The Hall–Kier alpha value is -3.91. The molecule has 0 unspecified atom stereocenters. The van der Waals surface area contributed by atoms with E-state index in [1.54, 1.807) is 0 Å². The zero-order valence-electron chi connectivity index (χ0n) is 19.5. The number of rotatable bonds is 5. The zero-order valence-corrected chi connectivity index (χ0v) is 20.3. The van der Waals surface area contributed by atoms with Crippen LogP contribution < -0.4 is 14.8 Å². The van der Waals surface area contributed by atoms with Gasteiger partial charge in [0.25, 0.3) is 0 Å². The van der Waals surface area contributed by atoms with Gasteiger partial charge in [-0.3, -0.25) is 9.97 Å². The maximum absolute atomic E-state index is 5.85. The molecule has 0 saturated carbocycles. The highest BCUT2D eigenvalue weighted by Gasteiger charge is 2.41. The average molecular weight is 484 g/mol. The highest BCUT2D eigenvalue weighted by molar-refractivity contribution is 7.80. The van der Waals surface area contributed by atoms with E-state index in [0.717, 1.165) is 40.0 Å². The van der Waals surface area contributed by atoms with Crippen molar-refractivity contribution in [1.29, 1.82) is 0 Å². The SMILES string of the molecule is Cc1cc([C@H]2[C@@H](c3ccccn3)NC(=S)N2Cc2ccccn2)c(C)n1-c1ccc2c(c1)OCO2. The van der Waals surface area contributed by atoms with Crippen LogP contribution >= 0.6 is 12.2 Å². The normalized spacial score (nSPS) is 18.7. The van der Waals surface area contributed by atoms with Crippen LogP contribution in [0, 0.1) is 13.8 Å². The van der Waals surface area contributed by atoms with E-state index >= 15 is 0 Å². The van der Waals surface area contributed by atoms with Crippen molar-refractivity contribution in [2.24, 2.45) is 0 Å². The molecule has 3 aromatic heterocycles. The van der Waals surface area contributed by atoms with E-state index < -0.39 is 0 Å². The van der Waals surface area contributed by atoms with Crippen molar-refractivity contribution in [3.05, 3.63) is 101 Å². The smallest absolute Gasteiger partial charge is 0.231 e. The maximum Gasteiger partial charge on any atom is 0.231 e. The molecule has 1 saturated heterocycles. The van der Waals surface area contributed by atoms with Crippen LogP contribution in [0.25, 0.3) is 5.69 Å². The predicted molar refractivity (Wildman–Crippen MR) is 137 cm³/mol. The van der Waals surface area contributed by atoms with Gasteiger partial charge >= 0.3 is 0 Å². The molecule has 0 aliphatic carbocycles. The third-order valence-corrected chi connectivity index (χ3v) is 7.01. The lowest BCUT2D eigenvalue weighted by molar-refractivity contribution is 0.174. The van der Waals surface area contributed by atoms with Crippen molar-refractivity contribution in [3.63, 3.8) is 0 Å². The Bertz CT molecular complexity index is 1390. The summed E-state index contributed by atoms with van der Waals surface area (Å²) in [6.45, 7) is 5.14. The molecule has 0 bridgehead atoms. The van der Waals surface area contributed by atoms with Crippen molar-refractivity contribution in [2.75, 3.05) is 6.79 Å². The number of nitrogens with one attached hydrogen (secondary N) is 1. The van der Waals surface area contributed by atoms with Crippen molar-refractivity contribution in [2.45, 2.75) is 32.5 Å². The molecule has 2 atom stereocenters. The third kappa shape index (κ3) is 3.80. The number of fused-ring (bicyclic) bond motifs is 1. The molecule has 1 N–H and O–H groups in total. The quantitative estimate of drug-likeness (QED) is 0.410. The molecule has 1 fully saturated rings. The lowest BCUT2D eigenvalue weighted by Crippen LogP contribution is -2.29. The Kier molecular flexibility index (Phi) is 5.37. The van der Waals surface area contributed by atoms with Gasteiger partial charge in [-0.2, -0.15) is 0 Å². The molecule has 2 aliphatic rings. The molecule has 5 heterocycles. The molecule has 176 valence electrons. The minimum Gasteiger partial charge on any atom is -0.454 e. The Labute approximate surface area is 209 Å². The second-order valence-electron chi connectivity index (χ2n) is 8.78. The summed E-state index contributed by atoms with van der Waals surface area (Å²) in [6, 6.07) is 20.1. The maximum atomic E-state index is 5.85. The summed E-state index contributed by atoms with van der Waals surface area (Å²) in [5.41, 5.74) is 6.43. The largest absolute Gasteiger partial charge is 0.454 e. The van der Waals surface area contributed by atoms with Crippen LogP contribution in [0.1, 0.15) is 40.4 Å². The molecule has 8 heteroatoms. The van der Waals surface area contributed by atoms with Gasteiger partial charge < -0.3 is 24.3 Å². The van der Waals surface area contributed by atoms with E-state index in [2.05, 4.69) is 56.8 Å². The van der Waals surface area contributed by atoms with Crippen LogP contribution in [0.15, 0.2) is 73.1 Å². The molecule has 2 aliphatic heterocycles. The number of hydrogen-bond acceptors (Lipinski definition) is 5. The molecule has 6 rings (SSSR count). The van der Waals surface area contributed by atoms with Crippen LogP contribution in [-0.4, -0.2) is 31.3 Å². The first-order chi connectivity index (χ1) is 17.1. The van der Waals surface area contributed by atoms with Crippen molar-refractivity contribution in [3.8, 4) is 17.2 Å². The topological polar surface area (TPSA) is 64.4 Å². The number of hydrogen-bond donors (Lipinski definition) is 1. The molecular weight excluding hydrogens is 458 g/mol.